The highest BCUT2D eigenvalue weighted by Crippen LogP contribution is 2.33. The predicted molar refractivity (Wildman–Crippen MR) is 82.5 cm³/mol. The zero-order chi connectivity index (χ0) is 14.2. The minimum absolute atomic E-state index is 0.319. The average molecular weight is 323 g/mol. The van der Waals surface area contributed by atoms with Gasteiger partial charge in [-0.25, -0.2) is 4.39 Å². The quantitative estimate of drug-likeness (QED) is 0.821. The molecule has 0 fully saturated rings. The van der Waals surface area contributed by atoms with Crippen LogP contribution in [0.25, 0.3) is 0 Å². The summed E-state index contributed by atoms with van der Waals surface area (Å²) in [5.41, 5.74) is 10.5. The molecule has 2 aromatic rings. The molecule has 2 rings (SSSR count). The lowest BCUT2D eigenvalue weighted by atomic mass is 10.1. The molecule has 0 saturated carbocycles. The summed E-state index contributed by atoms with van der Waals surface area (Å²) in [6.45, 7) is 4.08. The number of hydrogen-bond donors (Lipinski definition) is 1. The van der Waals surface area contributed by atoms with Crippen LogP contribution in [0.4, 0.5) is 21.5 Å². The molecule has 0 bridgehead atoms. The van der Waals surface area contributed by atoms with E-state index in [1.54, 1.807) is 6.07 Å². The molecule has 0 radical (unpaired) electrons. The smallest absolute Gasteiger partial charge is 0.139 e. The number of rotatable bonds is 2. The Bertz CT molecular complexity index is 606. The molecule has 0 aliphatic carbocycles. The van der Waals surface area contributed by atoms with Gasteiger partial charge in [-0.05, 0) is 59.1 Å². The summed E-state index contributed by atoms with van der Waals surface area (Å²) in [4.78, 5) is 1.89. The number of anilines is 3. The van der Waals surface area contributed by atoms with Crippen LogP contribution in [0.1, 0.15) is 11.1 Å². The summed E-state index contributed by atoms with van der Waals surface area (Å²) in [5, 5.41) is 0. The molecule has 4 heteroatoms. The van der Waals surface area contributed by atoms with Crippen LogP contribution in [0, 0.1) is 19.7 Å². The van der Waals surface area contributed by atoms with E-state index in [-0.39, 0.29) is 5.82 Å². The topological polar surface area (TPSA) is 29.3 Å². The molecular formula is C15H16BrFN2. The first-order valence-electron chi connectivity index (χ1n) is 5.95. The van der Waals surface area contributed by atoms with E-state index >= 15 is 0 Å². The number of hydrogen-bond acceptors (Lipinski definition) is 2. The molecule has 19 heavy (non-hydrogen) atoms. The van der Waals surface area contributed by atoms with E-state index in [4.69, 9.17) is 5.73 Å². The summed E-state index contributed by atoms with van der Waals surface area (Å²) < 4.78 is 14.0. The number of halogens is 2. The van der Waals surface area contributed by atoms with Crippen LogP contribution in [0.3, 0.4) is 0 Å². The third-order valence-electron chi connectivity index (χ3n) is 3.02. The zero-order valence-electron chi connectivity index (χ0n) is 11.2. The summed E-state index contributed by atoms with van der Waals surface area (Å²) in [5.74, 6) is -0.319. The number of nitrogen functional groups attached to an aromatic ring is 1. The molecule has 0 aromatic heterocycles. The monoisotopic (exact) mass is 322 g/mol. The molecule has 0 amide bonds. The van der Waals surface area contributed by atoms with Crippen molar-refractivity contribution < 1.29 is 4.39 Å². The van der Waals surface area contributed by atoms with Crippen LogP contribution in [0.15, 0.2) is 34.8 Å². The molecular weight excluding hydrogens is 307 g/mol. The van der Waals surface area contributed by atoms with Gasteiger partial charge in [-0.2, -0.15) is 0 Å². The second kappa shape index (κ2) is 5.21. The van der Waals surface area contributed by atoms with Crippen molar-refractivity contribution in [3.8, 4) is 0 Å². The van der Waals surface area contributed by atoms with Crippen molar-refractivity contribution >= 4 is 33.0 Å². The Morgan fingerprint density at radius 1 is 1.05 bits per heavy atom. The molecule has 2 aromatic carbocycles. The van der Waals surface area contributed by atoms with Crippen molar-refractivity contribution in [2.24, 2.45) is 0 Å². The fourth-order valence-corrected chi connectivity index (χ4v) is 2.49. The molecule has 0 heterocycles. The Hall–Kier alpha value is -1.55. The molecule has 0 saturated heterocycles. The van der Waals surface area contributed by atoms with Crippen molar-refractivity contribution in [2.75, 3.05) is 17.7 Å². The Morgan fingerprint density at radius 2 is 1.63 bits per heavy atom. The molecule has 2 N–H and O–H groups in total. The van der Waals surface area contributed by atoms with E-state index in [1.807, 2.05) is 37.9 Å². The van der Waals surface area contributed by atoms with Gasteiger partial charge in [0.25, 0.3) is 0 Å². The highest BCUT2D eigenvalue weighted by molar-refractivity contribution is 9.10. The Balaban J connectivity index is 2.49. The molecule has 0 atom stereocenters. The number of nitrogens with zero attached hydrogens (tertiary/aromatic N) is 1. The normalized spacial score (nSPS) is 10.6. The second-order valence-corrected chi connectivity index (χ2v) is 5.58. The Kier molecular flexibility index (Phi) is 3.80. The van der Waals surface area contributed by atoms with Crippen LogP contribution in [0.5, 0.6) is 0 Å². The van der Waals surface area contributed by atoms with Gasteiger partial charge in [0.05, 0.1) is 15.8 Å². The van der Waals surface area contributed by atoms with Gasteiger partial charge >= 0.3 is 0 Å². The van der Waals surface area contributed by atoms with Crippen LogP contribution < -0.4 is 10.6 Å². The molecule has 0 unspecified atom stereocenters. The first-order chi connectivity index (χ1) is 8.88. The highest BCUT2D eigenvalue weighted by Gasteiger charge is 2.12. The second-order valence-electron chi connectivity index (χ2n) is 4.73. The van der Waals surface area contributed by atoms with Gasteiger partial charge in [0.15, 0.2) is 0 Å². The minimum Gasteiger partial charge on any atom is -0.397 e. The van der Waals surface area contributed by atoms with Gasteiger partial charge in [-0.1, -0.05) is 6.07 Å². The lowest BCUT2D eigenvalue weighted by molar-refractivity contribution is 0.621. The summed E-state index contributed by atoms with van der Waals surface area (Å²) >= 11 is 3.14. The minimum atomic E-state index is -0.319. The van der Waals surface area contributed by atoms with Crippen molar-refractivity contribution in [3.05, 3.63) is 51.7 Å². The van der Waals surface area contributed by atoms with Gasteiger partial charge in [-0.3, -0.25) is 0 Å². The van der Waals surface area contributed by atoms with Gasteiger partial charge in [-0.15, -0.1) is 0 Å². The Morgan fingerprint density at radius 3 is 2.21 bits per heavy atom. The predicted octanol–water partition coefficient (Wildman–Crippen LogP) is 4.56. The SMILES string of the molecule is Cc1cc(C)cc(N(C)c2cc(F)c(Br)cc2N)c1. The summed E-state index contributed by atoms with van der Waals surface area (Å²) in [7, 11) is 1.88. The number of aryl methyl sites for hydroxylation is 2. The van der Waals surface area contributed by atoms with E-state index < -0.39 is 0 Å². The zero-order valence-corrected chi connectivity index (χ0v) is 12.8. The van der Waals surface area contributed by atoms with Crippen LogP contribution in [0.2, 0.25) is 0 Å². The van der Waals surface area contributed by atoms with Gasteiger partial charge in [0, 0.05) is 18.8 Å². The average Bonchev–Trinajstić information content (AvgIpc) is 2.31. The fraction of sp³-hybridized carbons (Fsp3) is 0.200. The highest BCUT2D eigenvalue weighted by atomic mass is 79.9. The molecule has 0 aliphatic heterocycles. The first-order valence-corrected chi connectivity index (χ1v) is 6.74. The van der Waals surface area contributed by atoms with E-state index in [1.165, 1.54) is 6.07 Å². The van der Waals surface area contributed by atoms with Crippen molar-refractivity contribution in [1.29, 1.82) is 0 Å². The van der Waals surface area contributed by atoms with Crippen molar-refractivity contribution in [2.45, 2.75) is 13.8 Å². The molecule has 0 aliphatic rings. The maximum atomic E-state index is 13.7. The van der Waals surface area contributed by atoms with E-state index in [0.717, 1.165) is 16.8 Å². The third kappa shape index (κ3) is 2.89. The van der Waals surface area contributed by atoms with Crippen LogP contribution >= 0.6 is 15.9 Å². The lowest BCUT2D eigenvalue weighted by Gasteiger charge is -2.22. The first kappa shape index (κ1) is 13.9. The van der Waals surface area contributed by atoms with Gasteiger partial charge in [0.1, 0.15) is 5.82 Å². The fourth-order valence-electron chi connectivity index (χ4n) is 2.13. The number of nitrogens with two attached hydrogens (primary N) is 1. The maximum Gasteiger partial charge on any atom is 0.139 e. The van der Waals surface area contributed by atoms with E-state index in [2.05, 4.69) is 22.0 Å². The third-order valence-corrected chi connectivity index (χ3v) is 3.63. The molecule has 2 nitrogen and oxygen atoms in total. The van der Waals surface area contributed by atoms with E-state index in [0.29, 0.717) is 15.8 Å². The largest absolute Gasteiger partial charge is 0.397 e. The van der Waals surface area contributed by atoms with Gasteiger partial charge in [0.2, 0.25) is 0 Å². The summed E-state index contributed by atoms with van der Waals surface area (Å²) in [6.07, 6.45) is 0. The molecule has 100 valence electrons. The standard InChI is InChI=1S/C15H16BrFN2/c1-9-4-10(2)6-11(5-9)19(3)15-8-13(17)12(16)7-14(15)18/h4-8H,18H2,1-3H3. The van der Waals surface area contributed by atoms with Crippen molar-refractivity contribution in [3.63, 3.8) is 0 Å². The maximum absolute atomic E-state index is 13.7. The van der Waals surface area contributed by atoms with E-state index in [9.17, 15) is 4.39 Å². The van der Waals surface area contributed by atoms with Crippen molar-refractivity contribution in [1.82, 2.24) is 0 Å². The number of benzene rings is 2. The molecule has 0 spiro atoms. The Labute approximate surface area is 121 Å². The van der Waals surface area contributed by atoms with Crippen LogP contribution in [-0.2, 0) is 0 Å². The van der Waals surface area contributed by atoms with Gasteiger partial charge < -0.3 is 10.6 Å². The summed E-state index contributed by atoms with van der Waals surface area (Å²) in [6, 6.07) is 9.22. The van der Waals surface area contributed by atoms with Crippen LogP contribution in [-0.4, -0.2) is 7.05 Å². The lowest BCUT2D eigenvalue weighted by Crippen LogP contribution is -2.12.